The molecule has 4 rings (SSSR count). The highest BCUT2D eigenvalue weighted by Gasteiger charge is 2.31. The van der Waals surface area contributed by atoms with Gasteiger partial charge in [-0.25, -0.2) is 4.98 Å². The molecule has 0 unspecified atom stereocenters. The number of hydrogen-bond acceptors (Lipinski definition) is 6. The van der Waals surface area contributed by atoms with E-state index in [1.807, 2.05) is 12.1 Å². The number of pyridine rings is 1. The van der Waals surface area contributed by atoms with Crippen molar-refractivity contribution in [2.24, 2.45) is 11.8 Å². The first-order chi connectivity index (χ1) is 12.5. The zero-order valence-corrected chi connectivity index (χ0v) is 15.9. The van der Waals surface area contributed by atoms with Crippen molar-refractivity contribution in [1.82, 2.24) is 4.98 Å². The molecule has 1 saturated carbocycles. The summed E-state index contributed by atoms with van der Waals surface area (Å²) in [6, 6.07) is 3.79. The van der Waals surface area contributed by atoms with Crippen LogP contribution in [-0.2, 0) is 0 Å². The number of rotatable bonds is 6. The Bertz CT molecular complexity index is 662. The number of nitrogens with zero attached hydrogens (tertiary/aromatic N) is 2. The molecular formula is C19H28N2O4S. The maximum atomic E-state index is 12.9. The van der Waals surface area contributed by atoms with Crippen LogP contribution in [0, 0.1) is 11.8 Å². The summed E-state index contributed by atoms with van der Waals surface area (Å²) in [6.07, 6.45) is 5.83. The fraction of sp³-hybridized carbons (Fsp3) is 0.684. The second-order valence-electron chi connectivity index (χ2n) is 7.82. The Kier molecular flexibility index (Phi) is 5.12. The van der Waals surface area contributed by atoms with E-state index in [1.54, 1.807) is 0 Å². The number of carbonyl (C=O) groups excluding carboxylic acids is 1. The molecule has 1 aliphatic carbocycles. The van der Waals surface area contributed by atoms with Gasteiger partial charge in [-0.05, 0) is 56.6 Å². The number of carbonyl (C=O) groups is 1. The first-order valence-electron chi connectivity index (χ1n) is 9.68. The summed E-state index contributed by atoms with van der Waals surface area (Å²) in [5, 5.41) is 0. The molecule has 0 spiro atoms. The van der Waals surface area contributed by atoms with Crippen molar-refractivity contribution in [3.63, 3.8) is 0 Å². The van der Waals surface area contributed by atoms with Gasteiger partial charge in [0.1, 0.15) is 5.69 Å². The van der Waals surface area contributed by atoms with Gasteiger partial charge in [0.05, 0.1) is 12.3 Å². The van der Waals surface area contributed by atoms with Crippen molar-refractivity contribution < 1.29 is 18.6 Å². The van der Waals surface area contributed by atoms with E-state index in [4.69, 9.17) is 4.74 Å². The third kappa shape index (κ3) is 4.15. The highest BCUT2D eigenvalue weighted by atomic mass is 32.3. The van der Waals surface area contributed by atoms with Crippen LogP contribution in [0.1, 0.15) is 49.0 Å². The summed E-state index contributed by atoms with van der Waals surface area (Å²) in [7, 11) is -2.47. The smallest absolute Gasteiger partial charge is 0.238 e. The van der Waals surface area contributed by atoms with Crippen LogP contribution in [0.5, 0.6) is 5.88 Å². The number of ether oxygens (including phenoxy) is 1. The van der Waals surface area contributed by atoms with Crippen LogP contribution in [0.3, 0.4) is 0 Å². The van der Waals surface area contributed by atoms with E-state index in [0.717, 1.165) is 18.8 Å². The molecular weight excluding hydrogens is 352 g/mol. The molecule has 6 nitrogen and oxygen atoms in total. The fourth-order valence-corrected chi connectivity index (χ4v) is 5.26. The third-order valence-electron chi connectivity index (χ3n) is 5.65. The molecule has 2 aliphatic heterocycles. The first kappa shape index (κ1) is 18.1. The van der Waals surface area contributed by atoms with E-state index in [0.29, 0.717) is 48.4 Å². The van der Waals surface area contributed by atoms with Gasteiger partial charge in [0.2, 0.25) is 5.88 Å². The lowest BCUT2D eigenvalue weighted by Crippen LogP contribution is -2.27. The summed E-state index contributed by atoms with van der Waals surface area (Å²) in [6.45, 7) is 2.69. The molecule has 2 saturated heterocycles. The molecule has 0 amide bonds. The molecule has 1 aromatic rings. The first-order valence-corrected chi connectivity index (χ1v) is 11.6. The highest BCUT2D eigenvalue weighted by Crippen LogP contribution is 2.46. The topological polar surface area (TPSA) is 82.9 Å². The molecule has 0 radical (unpaired) electrons. The zero-order chi connectivity index (χ0) is 18.1. The van der Waals surface area contributed by atoms with E-state index in [9.17, 15) is 13.9 Å². The maximum Gasteiger partial charge on any atom is 0.238 e. The number of anilines is 1. The van der Waals surface area contributed by atoms with E-state index >= 15 is 0 Å². The Morgan fingerprint density at radius 3 is 2.50 bits per heavy atom. The Balaban J connectivity index is 1.51. The van der Waals surface area contributed by atoms with Gasteiger partial charge in [0.25, 0.3) is 0 Å². The molecule has 7 heteroatoms. The van der Waals surface area contributed by atoms with Crippen molar-refractivity contribution in [2.45, 2.75) is 38.5 Å². The predicted molar refractivity (Wildman–Crippen MR) is 104 cm³/mol. The Morgan fingerprint density at radius 1 is 1.15 bits per heavy atom. The van der Waals surface area contributed by atoms with Crippen LogP contribution in [-0.4, -0.2) is 51.1 Å². The lowest BCUT2D eigenvalue weighted by Gasteiger charge is -2.38. The van der Waals surface area contributed by atoms with Crippen LogP contribution >= 0.6 is 10.6 Å². The van der Waals surface area contributed by atoms with E-state index in [-0.39, 0.29) is 11.7 Å². The third-order valence-corrected chi connectivity index (χ3v) is 7.43. The zero-order valence-electron chi connectivity index (χ0n) is 15.1. The quantitative estimate of drug-likeness (QED) is 0.730. The molecule has 3 aliphatic rings. The van der Waals surface area contributed by atoms with Crippen LogP contribution in [0.15, 0.2) is 12.1 Å². The van der Waals surface area contributed by atoms with Gasteiger partial charge in [-0.1, -0.05) is 0 Å². The summed E-state index contributed by atoms with van der Waals surface area (Å²) in [4.78, 5) is 19.7. The molecule has 0 atom stereocenters. The molecule has 2 N–H and O–H groups in total. The summed E-state index contributed by atoms with van der Waals surface area (Å²) in [5.41, 5.74) is 1.44. The number of hydrogen-bond donors (Lipinski definition) is 2. The standard InChI is InChI=1S/C19H28N2O4S/c22-18(15-7-11-26(23,24)12-8-15)16-5-6-17(21-9-1-2-10-21)19(20-16)25-13-14-3-4-14/h5-6,14-15,23-24H,1-4,7-13H2. The van der Waals surface area contributed by atoms with Crippen molar-refractivity contribution >= 4 is 22.1 Å². The molecule has 144 valence electrons. The number of Topliss-reactive ketones (excluding diaryl/α,β-unsaturated/α-hetero) is 1. The molecule has 0 bridgehead atoms. The average molecular weight is 381 g/mol. The maximum absolute atomic E-state index is 12.9. The minimum atomic E-state index is -2.47. The van der Waals surface area contributed by atoms with Gasteiger partial charge in [-0.2, -0.15) is 10.6 Å². The van der Waals surface area contributed by atoms with Gasteiger partial charge < -0.3 is 9.64 Å². The predicted octanol–water partition coefficient (Wildman–Crippen LogP) is 3.81. The molecule has 1 aromatic heterocycles. The highest BCUT2D eigenvalue weighted by molar-refractivity contribution is 8.24. The summed E-state index contributed by atoms with van der Waals surface area (Å²) < 4.78 is 25.5. The number of aromatic nitrogens is 1. The largest absolute Gasteiger partial charge is 0.476 e. The van der Waals surface area contributed by atoms with Gasteiger partial charge >= 0.3 is 0 Å². The van der Waals surface area contributed by atoms with Gasteiger partial charge in [0, 0.05) is 30.5 Å². The lowest BCUT2D eigenvalue weighted by atomic mass is 9.95. The van der Waals surface area contributed by atoms with Gasteiger partial charge in [-0.15, -0.1) is 0 Å². The Hall–Kier alpha value is -1.31. The molecule has 3 fully saturated rings. The van der Waals surface area contributed by atoms with Crippen LogP contribution in [0.2, 0.25) is 0 Å². The van der Waals surface area contributed by atoms with Crippen molar-refractivity contribution in [3.8, 4) is 5.88 Å². The molecule has 0 aromatic carbocycles. The van der Waals surface area contributed by atoms with Crippen molar-refractivity contribution in [2.75, 3.05) is 36.1 Å². The van der Waals surface area contributed by atoms with Gasteiger partial charge in [-0.3, -0.25) is 13.9 Å². The van der Waals surface area contributed by atoms with Crippen LogP contribution in [0.4, 0.5) is 5.69 Å². The molecule has 26 heavy (non-hydrogen) atoms. The monoisotopic (exact) mass is 380 g/mol. The van der Waals surface area contributed by atoms with Crippen molar-refractivity contribution in [3.05, 3.63) is 17.8 Å². The van der Waals surface area contributed by atoms with Crippen LogP contribution in [0.25, 0.3) is 0 Å². The fourth-order valence-electron chi connectivity index (χ4n) is 3.74. The SMILES string of the molecule is O=C(c1ccc(N2CCCC2)c(OCC2CC2)n1)C1CCS(O)(O)CC1. The van der Waals surface area contributed by atoms with Crippen LogP contribution < -0.4 is 9.64 Å². The second-order valence-corrected chi connectivity index (χ2v) is 10.2. The lowest BCUT2D eigenvalue weighted by molar-refractivity contribution is 0.0904. The van der Waals surface area contributed by atoms with Gasteiger partial charge in [0.15, 0.2) is 5.78 Å². The van der Waals surface area contributed by atoms with E-state index < -0.39 is 10.6 Å². The Morgan fingerprint density at radius 2 is 1.85 bits per heavy atom. The number of ketones is 1. The minimum Gasteiger partial charge on any atom is -0.476 e. The van der Waals surface area contributed by atoms with E-state index in [1.165, 1.54) is 25.7 Å². The summed E-state index contributed by atoms with van der Waals surface area (Å²) in [5.74, 6) is 1.69. The van der Waals surface area contributed by atoms with Crippen molar-refractivity contribution in [1.29, 1.82) is 0 Å². The van der Waals surface area contributed by atoms with E-state index in [2.05, 4.69) is 9.88 Å². The Labute approximate surface area is 156 Å². The second kappa shape index (κ2) is 7.37. The average Bonchev–Trinajstić information content (AvgIpc) is 3.31. The minimum absolute atomic E-state index is 0.00384. The molecule has 3 heterocycles. The normalized spacial score (nSPS) is 24.5. The summed E-state index contributed by atoms with van der Waals surface area (Å²) >= 11 is 0.